The summed E-state index contributed by atoms with van der Waals surface area (Å²) < 4.78 is 5.04. The second-order valence-corrected chi connectivity index (χ2v) is 4.63. The van der Waals surface area contributed by atoms with Crippen molar-refractivity contribution in [3.8, 4) is 5.75 Å². The number of aromatic nitrogens is 1. The van der Waals surface area contributed by atoms with Crippen molar-refractivity contribution >= 4 is 23.3 Å². The molecule has 1 aromatic rings. The predicted molar refractivity (Wildman–Crippen MR) is 60.5 cm³/mol. The highest BCUT2D eigenvalue weighted by molar-refractivity contribution is 6.33. The number of aromatic hydroxyl groups is 1. The molecule has 1 rings (SSSR count). The van der Waals surface area contributed by atoms with Crippen LogP contribution in [0.3, 0.4) is 0 Å². The molecule has 0 aliphatic carbocycles. The largest absolute Gasteiger partial charge is 0.504 e. The van der Waals surface area contributed by atoms with Crippen LogP contribution in [0.1, 0.15) is 31.3 Å². The average molecular weight is 245 g/mol. The molecule has 0 unspecified atom stereocenters. The maximum absolute atomic E-state index is 11.6. The first-order chi connectivity index (χ1) is 7.22. The molecule has 0 saturated carbocycles. The minimum absolute atomic E-state index is 0.0856. The summed E-state index contributed by atoms with van der Waals surface area (Å²) in [6.45, 7) is 5.13. The van der Waals surface area contributed by atoms with Gasteiger partial charge in [-0.3, -0.25) is 0 Å². The molecule has 0 spiro atoms. The molecule has 0 radical (unpaired) electrons. The molecule has 0 fully saturated rings. The van der Waals surface area contributed by atoms with Gasteiger partial charge < -0.3 is 15.6 Å². The van der Waals surface area contributed by atoms with E-state index in [4.69, 9.17) is 22.1 Å². The monoisotopic (exact) mass is 244 g/mol. The summed E-state index contributed by atoms with van der Waals surface area (Å²) in [7, 11) is 0. The van der Waals surface area contributed by atoms with E-state index >= 15 is 0 Å². The number of carbonyl (C=O) groups is 1. The third-order valence-corrected chi connectivity index (χ3v) is 1.94. The third-order valence-electron chi connectivity index (χ3n) is 1.64. The molecule has 0 amide bonds. The summed E-state index contributed by atoms with van der Waals surface area (Å²) in [5, 5.41) is 9.66. The molecule has 0 aromatic carbocycles. The van der Waals surface area contributed by atoms with Gasteiger partial charge in [0.1, 0.15) is 5.60 Å². The topological polar surface area (TPSA) is 85.4 Å². The molecule has 1 aromatic heterocycles. The van der Waals surface area contributed by atoms with Crippen LogP contribution in [0.25, 0.3) is 0 Å². The van der Waals surface area contributed by atoms with E-state index < -0.39 is 17.3 Å². The molecule has 16 heavy (non-hydrogen) atoms. The van der Waals surface area contributed by atoms with Crippen LogP contribution < -0.4 is 5.73 Å². The average Bonchev–Trinajstić information content (AvgIpc) is 2.11. The molecule has 0 saturated heterocycles. The van der Waals surface area contributed by atoms with Crippen LogP contribution >= 0.6 is 11.6 Å². The lowest BCUT2D eigenvalue weighted by Crippen LogP contribution is -2.24. The first-order valence-electron chi connectivity index (χ1n) is 4.58. The molecular weight excluding hydrogens is 232 g/mol. The number of carbonyl (C=O) groups excluding carboxylic acids is 1. The van der Waals surface area contributed by atoms with Crippen molar-refractivity contribution in [2.45, 2.75) is 26.4 Å². The molecule has 0 aliphatic heterocycles. The molecule has 88 valence electrons. The number of rotatable bonds is 1. The van der Waals surface area contributed by atoms with Crippen LogP contribution in [-0.4, -0.2) is 21.7 Å². The minimum Gasteiger partial charge on any atom is -0.504 e. The number of nitrogens with two attached hydrogens (primary N) is 1. The fourth-order valence-corrected chi connectivity index (χ4v) is 1.11. The Balaban J connectivity index is 3.06. The van der Waals surface area contributed by atoms with Crippen LogP contribution in [0, 0.1) is 0 Å². The van der Waals surface area contributed by atoms with Crippen molar-refractivity contribution in [3.63, 3.8) is 0 Å². The zero-order valence-electron chi connectivity index (χ0n) is 9.24. The van der Waals surface area contributed by atoms with Crippen molar-refractivity contribution in [2.75, 3.05) is 5.73 Å². The summed E-state index contributed by atoms with van der Waals surface area (Å²) in [5.41, 5.74) is 4.46. The predicted octanol–water partition coefficient (Wildman–Crippen LogP) is 1.98. The standard InChI is InChI=1S/C10H13ClN2O3/c1-10(2,3)16-9(15)7-8(14)6(12)5(11)4-13-7/h4,14H,1-3H3,(H2,12,13). The van der Waals surface area contributed by atoms with E-state index in [2.05, 4.69) is 4.98 Å². The maximum atomic E-state index is 11.6. The Morgan fingerprint density at radius 1 is 1.56 bits per heavy atom. The number of hydrogen-bond acceptors (Lipinski definition) is 5. The van der Waals surface area contributed by atoms with Crippen LogP contribution in [0.2, 0.25) is 5.02 Å². The Morgan fingerprint density at radius 3 is 2.62 bits per heavy atom. The molecule has 0 bridgehead atoms. The van der Waals surface area contributed by atoms with E-state index in [9.17, 15) is 9.90 Å². The number of anilines is 1. The van der Waals surface area contributed by atoms with Gasteiger partial charge in [0.2, 0.25) is 0 Å². The highest BCUT2D eigenvalue weighted by Crippen LogP contribution is 2.30. The van der Waals surface area contributed by atoms with Gasteiger partial charge in [-0.05, 0) is 20.8 Å². The van der Waals surface area contributed by atoms with Crippen molar-refractivity contribution in [1.82, 2.24) is 4.98 Å². The number of halogens is 1. The highest BCUT2D eigenvalue weighted by Gasteiger charge is 2.23. The van der Waals surface area contributed by atoms with Gasteiger partial charge in [-0.1, -0.05) is 11.6 Å². The Labute approximate surface area is 98.2 Å². The fourth-order valence-electron chi connectivity index (χ4n) is 0.968. The van der Waals surface area contributed by atoms with Gasteiger partial charge in [0.15, 0.2) is 11.4 Å². The maximum Gasteiger partial charge on any atom is 0.361 e. The quantitative estimate of drug-likeness (QED) is 0.738. The second kappa shape index (κ2) is 4.17. The van der Waals surface area contributed by atoms with Crippen LogP contribution in [0.5, 0.6) is 5.75 Å². The lowest BCUT2D eigenvalue weighted by atomic mass is 10.2. The van der Waals surface area contributed by atoms with E-state index in [0.717, 1.165) is 0 Å². The van der Waals surface area contributed by atoms with E-state index in [0.29, 0.717) is 0 Å². The third kappa shape index (κ3) is 2.76. The molecule has 1 heterocycles. The van der Waals surface area contributed by atoms with Gasteiger partial charge in [-0.2, -0.15) is 0 Å². The van der Waals surface area contributed by atoms with Crippen molar-refractivity contribution in [2.24, 2.45) is 0 Å². The number of hydrogen-bond donors (Lipinski definition) is 2. The Bertz CT molecular complexity index is 427. The molecule has 3 N–H and O–H groups in total. The van der Waals surface area contributed by atoms with Gasteiger partial charge in [0.25, 0.3) is 0 Å². The summed E-state index contributed by atoms with van der Waals surface area (Å²) in [5.74, 6) is -1.20. The van der Waals surface area contributed by atoms with Crippen molar-refractivity contribution in [3.05, 3.63) is 16.9 Å². The fraction of sp³-hybridized carbons (Fsp3) is 0.400. The van der Waals surface area contributed by atoms with E-state index in [1.165, 1.54) is 6.20 Å². The van der Waals surface area contributed by atoms with Crippen molar-refractivity contribution < 1.29 is 14.6 Å². The molecule has 0 atom stereocenters. The number of nitrogens with zero attached hydrogens (tertiary/aromatic N) is 1. The summed E-state index contributed by atoms with van der Waals surface area (Å²) in [6.07, 6.45) is 1.19. The Kier molecular flexibility index (Phi) is 3.28. The lowest BCUT2D eigenvalue weighted by molar-refractivity contribution is 0.00600. The zero-order valence-corrected chi connectivity index (χ0v) is 10.00. The Hall–Kier alpha value is -1.49. The van der Waals surface area contributed by atoms with Crippen LogP contribution in [0.4, 0.5) is 5.69 Å². The van der Waals surface area contributed by atoms with Crippen LogP contribution in [-0.2, 0) is 4.74 Å². The van der Waals surface area contributed by atoms with Crippen molar-refractivity contribution in [1.29, 1.82) is 0 Å². The molecule has 0 aliphatic rings. The first-order valence-corrected chi connectivity index (χ1v) is 4.96. The number of pyridine rings is 1. The molecule has 6 heteroatoms. The second-order valence-electron chi connectivity index (χ2n) is 4.22. The molecule has 5 nitrogen and oxygen atoms in total. The van der Waals surface area contributed by atoms with Gasteiger partial charge in [-0.25, -0.2) is 9.78 Å². The smallest absolute Gasteiger partial charge is 0.361 e. The number of ether oxygens (including phenoxy) is 1. The van der Waals surface area contributed by atoms with E-state index in [1.807, 2.05) is 0 Å². The highest BCUT2D eigenvalue weighted by atomic mass is 35.5. The summed E-state index contributed by atoms with van der Waals surface area (Å²) >= 11 is 5.62. The van der Waals surface area contributed by atoms with Gasteiger partial charge >= 0.3 is 5.97 Å². The van der Waals surface area contributed by atoms with Gasteiger partial charge in [0.05, 0.1) is 10.7 Å². The minimum atomic E-state index is -0.742. The number of esters is 1. The normalized spacial score (nSPS) is 11.2. The Morgan fingerprint density at radius 2 is 2.12 bits per heavy atom. The SMILES string of the molecule is CC(C)(C)OC(=O)c1ncc(Cl)c(N)c1O. The van der Waals surface area contributed by atoms with Gasteiger partial charge in [0, 0.05) is 6.20 Å². The van der Waals surface area contributed by atoms with Crippen LogP contribution in [0.15, 0.2) is 6.20 Å². The molecular formula is C10H13ClN2O3. The number of nitrogen functional groups attached to an aromatic ring is 1. The van der Waals surface area contributed by atoms with E-state index in [-0.39, 0.29) is 16.4 Å². The summed E-state index contributed by atoms with van der Waals surface area (Å²) in [6, 6.07) is 0. The first kappa shape index (κ1) is 12.6. The zero-order chi connectivity index (χ0) is 12.5. The van der Waals surface area contributed by atoms with E-state index in [1.54, 1.807) is 20.8 Å². The lowest BCUT2D eigenvalue weighted by Gasteiger charge is -2.19. The van der Waals surface area contributed by atoms with Gasteiger partial charge in [-0.15, -0.1) is 0 Å². The summed E-state index contributed by atoms with van der Waals surface area (Å²) in [4.78, 5) is 15.3.